The molecule has 0 saturated carbocycles. The highest BCUT2D eigenvalue weighted by atomic mass is 127. The van der Waals surface area contributed by atoms with Gasteiger partial charge in [0.25, 0.3) is 0 Å². The summed E-state index contributed by atoms with van der Waals surface area (Å²) in [6.45, 7) is 9.98. The number of guanidine groups is 1. The van der Waals surface area contributed by atoms with Gasteiger partial charge in [-0.05, 0) is 18.6 Å². The first-order valence-corrected chi connectivity index (χ1v) is 9.21. The highest BCUT2D eigenvalue weighted by Crippen LogP contribution is 2.22. The Bertz CT molecular complexity index is 715. The SMILES string of the molecule is C=CCNC(=NCCn1cnnc1CC)NC(C)c1ccccc1Br.I. The topological polar surface area (TPSA) is 67.1 Å². The van der Waals surface area contributed by atoms with Gasteiger partial charge in [-0.1, -0.05) is 47.1 Å². The maximum absolute atomic E-state index is 4.66. The van der Waals surface area contributed by atoms with E-state index in [1.165, 1.54) is 5.56 Å². The molecule has 0 radical (unpaired) electrons. The standard InChI is InChI=1S/C18H25BrN6.HI/c1-4-10-20-18(21-11-12-25-13-22-24-17(25)5-2)23-14(3)15-8-6-7-9-16(15)19;/h4,6-9,13-14H,1,5,10-12H2,2-3H3,(H2,20,21,23);1H. The van der Waals surface area contributed by atoms with Crippen molar-refractivity contribution in [3.63, 3.8) is 0 Å². The summed E-state index contributed by atoms with van der Waals surface area (Å²) >= 11 is 3.60. The Hall–Kier alpha value is -1.42. The lowest BCUT2D eigenvalue weighted by Crippen LogP contribution is -2.39. The molecule has 0 amide bonds. The Morgan fingerprint density at radius 3 is 2.88 bits per heavy atom. The molecule has 1 aromatic carbocycles. The van der Waals surface area contributed by atoms with Crippen LogP contribution in [0.25, 0.3) is 0 Å². The summed E-state index contributed by atoms with van der Waals surface area (Å²) in [6.07, 6.45) is 4.43. The van der Waals surface area contributed by atoms with Gasteiger partial charge < -0.3 is 15.2 Å². The van der Waals surface area contributed by atoms with Crippen molar-refractivity contribution >= 4 is 45.9 Å². The van der Waals surface area contributed by atoms with E-state index in [1.807, 2.05) is 28.8 Å². The highest BCUT2D eigenvalue weighted by molar-refractivity contribution is 14.0. The lowest BCUT2D eigenvalue weighted by atomic mass is 10.1. The van der Waals surface area contributed by atoms with Crippen LogP contribution >= 0.6 is 39.9 Å². The molecular weight excluding hydrogens is 507 g/mol. The van der Waals surface area contributed by atoms with E-state index >= 15 is 0 Å². The molecule has 2 N–H and O–H groups in total. The van der Waals surface area contributed by atoms with Crippen LogP contribution in [0.15, 0.2) is 52.7 Å². The van der Waals surface area contributed by atoms with Crippen molar-refractivity contribution in [1.82, 2.24) is 25.4 Å². The Labute approximate surface area is 180 Å². The molecule has 142 valence electrons. The largest absolute Gasteiger partial charge is 0.353 e. The zero-order chi connectivity index (χ0) is 18.1. The van der Waals surface area contributed by atoms with Crippen LogP contribution in [-0.2, 0) is 13.0 Å². The normalized spacial score (nSPS) is 12.2. The van der Waals surface area contributed by atoms with Crippen LogP contribution in [-0.4, -0.2) is 33.8 Å². The van der Waals surface area contributed by atoms with Crippen molar-refractivity contribution in [2.45, 2.75) is 32.9 Å². The predicted octanol–water partition coefficient (Wildman–Crippen LogP) is 3.70. The molecule has 6 nitrogen and oxygen atoms in total. The number of aromatic nitrogens is 3. The van der Waals surface area contributed by atoms with Crippen molar-refractivity contribution in [2.24, 2.45) is 4.99 Å². The summed E-state index contributed by atoms with van der Waals surface area (Å²) in [5.74, 6) is 1.74. The van der Waals surface area contributed by atoms with Gasteiger partial charge in [0.05, 0.1) is 12.6 Å². The fourth-order valence-corrected chi connectivity index (χ4v) is 3.07. The fourth-order valence-electron chi connectivity index (χ4n) is 2.44. The predicted molar refractivity (Wildman–Crippen MR) is 121 cm³/mol. The molecule has 2 rings (SSSR count). The molecule has 26 heavy (non-hydrogen) atoms. The third kappa shape index (κ3) is 6.71. The number of aryl methyl sites for hydroxylation is 1. The lowest BCUT2D eigenvalue weighted by molar-refractivity contribution is 0.650. The van der Waals surface area contributed by atoms with Crippen molar-refractivity contribution in [1.29, 1.82) is 0 Å². The second kappa shape index (κ2) is 12.1. The van der Waals surface area contributed by atoms with E-state index in [9.17, 15) is 0 Å². The van der Waals surface area contributed by atoms with Gasteiger partial charge >= 0.3 is 0 Å². The first-order valence-electron chi connectivity index (χ1n) is 8.42. The molecule has 0 bridgehead atoms. The van der Waals surface area contributed by atoms with Gasteiger partial charge in [-0.3, -0.25) is 4.99 Å². The molecule has 1 heterocycles. The van der Waals surface area contributed by atoms with Gasteiger partial charge in [-0.25, -0.2) is 0 Å². The quantitative estimate of drug-likeness (QED) is 0.235. The highest BCUT2D eigenvalue weighted by Gasteiger charge is 2.10. The number of hydrogen-bond acceptors (Lipinski definition) is 3. The number of halogens is 2. The van der Waals surface area contributed by atoms with Crippen LogP contribution in [0.3, 0.4) is 0 Å². The van der Waals surface area contributed by atoms with E-state index < -0.39 is 0 Å². The third-order valence-electron chi connectivity index (χ3n) is 3.76. The average Bonchev–Trinajstić information content (AvgIpc) is 3.07. The van der Waals surface area contributed by atoms with Crippen LogP contribution in [0, 0.1) is 0 Å². The molecule has 0 fully saturated rings. The van der Waals surface area contributed by atoms with Crippen molar-refractivity contribution in [3.8, 4) is 0 Å². The molecule has 2 aromatic rings. The summed E-state index contributed by atoms with van der Waals surface area (Å²) in [4.78, 5) is 4.66. The maximum atomic E-state index is 4.66. The summed E-state index contributed by atoms with van der Waals surface area (Å²) in [6, 6.07) is 8.30. The van der Waals surface area contributed by atoms with Crippen LogP contribution in [0.2, 0.25) is 0 Å². The van der Waals surface area contributed by atoms with Crippen LogP contribution in [0.1, 0.15) is 31.3 Å². The van der Waals surface area contributed by atoms with Crippen LogP contribution < -0.4 is 10.6 Å². The van der Waals surface area contributed by atoms with Crippen LogP contribution in [0.5, 0.6) is 0 Å². The molecule has 1 unspecified atom stereocenters. The first kappa shape index (κ1) is 22.6. The number of rotatable bonds is 8. The molecule has 1 aromatic heterocycles. The van der Waals surface area contributed by atoms with Gasteiger partial charge in [0.2, 0.25) is 0 Å². The van der Waals surface area contributed by atoms with E-state index in [1.54, 1.807) is 6.33 Å². The molecule has 0 saturated heterocycles. The van der Waals surface area contributed by atoms with E-state index in [0.29, 0.717) is 13.1 Å². The first-order chi connectivity index (χ1) is 12.2. The van der Waals surface area contributed by atoms with E-state index in [-0.39, 0.29) is 30.0 Å². The molecule has 0 aliphatic heterocycles. The summed E-state index contributed by atoms with van der Waals surface area (Å²) < 4.78 is 3.11. The zero-order valence-electron chi connectivity index (χ0n) is 15.2. The van der Waals surface area contributed by atoms with Gasteiger partial charge in [-0.15, -0.1) is 40.8 Å². The number of nitrogens with one attached hydrogen (secondary N) is 2. The monoisotopic (exact) mass is 532 g/mol. The second-order valence-corrected chi connectivity index (χ2v) is 6.44. The van der Waals surface area contributed by atoms with E-state index in [2.05, 4.69) is 68.2 Å². The Morgan fingerprint density at radius 1 is 1.42 bits per heavy atom. The Morgan fingerprint density at radius 2 is 2.19 bits per heavy atom. The fraction of sp³-hybridized carbons (Fsp3) is 0.389. The minimum absolute atomic E-state index is 0. The maximum Gasteiger partial charge on any atom is 0.192 e. The molecule has 0 aliphatic carbocycles. The van der Waals surface area contributed by atoms with Crippen molar-refractivity contribution < 1.29 is 0 Å². The number of nitrogens with zero attached hydrogens (tertiary/aromatic N) is 4. The summed E-state index contributed by atoms with van der Waals surface area (Å²) in [5, 5.41) is 14.7. The van der Waals surface area contributed by atoms with Crippen molar-refractivity contribution in [2.75, 3.05) is 13.1 Å². The van der Waals surface area contributed by atoms with E-state index in [0.717, 1.165) is 29.2 Å². The van der Waals surface area contributed by atoms with E-state index in [4.69, 9.17) is 0 Å². The minimum atomic E-state index is 0. The average molecular weight is 533 g/mol. The van der Waals surface area contributed by atoms with Gasteiger partial charge in [-0.2, -0.15) is 0 Å². The molecule has 0 spiro atoms. The van der Waals surface area contributed by atoms with Crippen LogP contribution in [0.4, 0.5) is 0 Å². The molecule has 0 aliphatic rings. The Kier molecular flexibility index (Phi) is 10.5. The van der Waals surface area contributed by atoms with Gasteiger partial charge in [0.15, 0.2) is 5.96 Å². The molecule has 8 heteroatoms. The minimum Gasteiger partial charge on any atom is -0.353 e. The number of benzene rings is 1. The van der Waals surface area contributed by atoms with Gasteiger partial charge in [0.1, 0.15) is 12.2 Å². The van der Waals surface area contributed by atoms with Crippen molar-refractivity contribution in [3.05, 3.63) is 59.1 Å². The smallest absolute Gasteiger partial charge is 0.192 e. The summed E-state index contributed by atoms with van der Waals surface area (Å²) in [7, 11) is 0. The number of aliphatic imine (C=N–C) groups is 1. The number of hydrogen-bond donors (Lipinski definition) is 2. The summed E-state index contributed by atoms with van der Waals surface area (Å²) in [5.41, 5.74) is 1.18. The zero-order valence-corrected chi connectivity index (χ0v) is 19.1. The van der Waals surface area contributed by atoms with Gasteiger partial charge in [0, 0.05) is 24.0 Å². The molecular formula is C18H26BrIN6. The Balaban J connectivity index is 0.00000338. The second-order valence-electron chi connectivity index (χ2n) is 5.58. The molecule has 1 atom stereocenters. The lowest BCUT2D eigenvalue weighted by Gasteiger charge is -2.19. The third-order valence-corrected chi connectivity index (χ3v) is 4.48.